The SMILES string of the molecule is COc1ccc(S(=O)(=O)c2cn(CC(=O)Nc3ccccc3OC)c3ccc(C)cc3c2=O)cc1. The molecule has 0 spiro atoms. The summed E-state index contributed by atoms with van der Waals surface area (Å²) < 4.78 is 38.7. The summed E-state index contributed by atoms with van der Waals surface area (Å²) in [6, 6.07) is 17.9. The summed E-state index contributed by atoms with van der Waals surface area (Å²) in [6.45, 7) is 1.59. The van der Waals surface area contributed by atoms with Crippen LogP contribution in [-0.2, 0) is 21.2 Å². The Labute approximate surface area is 202 Å². The summed E-state index contributed by atoms with van der Waals surface area (Å²) in [7, 11) is -1.19. The van der Waals surface area contributed by atoms with Crippen LogP contribution in [0.25, 0.3) is 10.9 Å². The number of ether oxygens (including phenoxy) is 2. The highest BCUT2D eigenvalue weighted by Gasteiger charge is 2.24. The number of para-hydroxylation sites is 2. The largest absolute Gasteiger partial charge is 0.497 e. The molecule has 1 aromatic heterocycles. The third-order valence-corrected chi connectivity index (χ3v) is 7.32. The first-order valence-electron chi connectivity index (χ1n) is 10.7. The van der Waals surface area contributed by atoms with Gasteiger partial charge in [0.15, 0.2) is 0 Å². The van der Waals surface area contributed by atoms with Crippen molar-refractivity contribution in [2.45, 2.75) is 23.3 Å². The molecule has 1 heterocycles. The van der Waals surface area contributed by atoms with E-state index >= 15 is 0 Å². The summed E-state index contributed by atoms with van der Waals surface area (Å²) in [5.74, 6) is 0.570. The van der Waals surface area contributed by atoms with E-state index in [1.807, 2.05) is 6.92 Å². The van der Waals surface area contributed by atoms with Gasteiger partial charge in [0, 0.05) is 11.6 Å². The minimum Gasteiger partial charge on any atom is -0.497 e. The lowest BCUT2D eigenvalue weighted by Crippen LogP contribution is -2.24. The van der Waals surface area contributed by atoms with Crippen LogP contribution in [0, 0.1) is 6.92 Å². The lowest BCUT2D eigenvalue weighted by molar-refractivity contribution is -0.116. The number of carbonyl (C=O) groups is 1. The zero-order valence-corrected chi connectivity index (χ0v) is 20.3. The molecule has 8 nitrogen and oxygen atoms in total. The molecule has 0 fully saturated rings. The fourth-order valence-electron chi connectivity index (χ4n) is 3.78. The second-order valence-corrected chi connectivity index (χ2v) is 9.82. The van der Waals surface area contributed by atoms with E-state index < -0.39 is 26.1 Å². The van der Waals surface area contributed by atoms with Crippen molar-refractivity contribution >= 4 is 32.3 Å². The van der Waals surface area contributed by atoms with Crippen molar-refractivity contribution < 1.29 is 22.7 Å². The summed E-state index contributed by atoms with van der Waals surface area (Å²) in [5, 5.41) is 2.99. The lowest BCUT2D eigenvalue weighted by Gasteiger charge is -2.15. The summed E-state index contributed by atoms with van der Waals surface area (Å²) in [6.07, 6.45) is 1.22. The minimum absolute atomic E-state index is 0.0487. The number of anilines is 1. The summed E-state index contributed by atoms with van der Waals surface area (Å²) in [5.41, 5.74) is 1.09. The number of aryl methyl sites for hydroxylation is 1. The molecule has 0 atom stereocenters. The van der Waals surface area contributed by atoms with Gasteiger partial charge in [0.25, 0.3) is 0 Å². The molecule has 0 aliphatic heterocycles. The van der Waals surface area contributed by atoms with Crippen molar-refractivity contribution in [3.05, 3.63) is 88.7 Å². The van der Waals surface area contributed by atoms with Crippen LogP contribution in [-0.4, -0.2) is 33.1 Å². The third-order valence-electron chi connectivity index (χ3n) is 5.56. The quantitative estimate of drug-likeness (QED) is 0.421. The van der Waals surface area contributed by atoms with Crippen molar-refractivity contribution in [2.24, 2.45) is 0 Å². The number of hydrogen-bond acceptors (Lipinski definition) is 6. The number of aromatic nitrogens is 1. The molecule has 0 saturated carbocycles. The van der Waals surface area contributed by atoms with E-state index in [2.05, 4.69) is 5.32 Å². The van der Waals surface area contributed by atoms with E-state index in [0.29, 0.717) is 22.7 Å². The van der Waals surface area contributed by atoms with E-state index in [1.165, 1.54) is 49.2 Å². The van der Waals surface area contributed by atoms with E-state index in [9.17, 15) is 18.0 Å². The van der Waals surface area contributed by atoms with Gasteiger partial charge in [-0.1, -0.05) is 23.8 Å². The molecule has 0 aliphatic carbocycles. The van der Waals surface area contributed by atoms with Crippen LogP contribution in [0.2, 0.25) is 0 Å². The van der Waals surface area contributed by atoms with E-state index in [0.717, 1.165) is 5.56 Å². The first kappa shape index (κ1) is 24.0. The third kappa shape index (κ3) is 4.76. The number of sulfone groups is 1. The molecule has 3 aromatic carbocycles. The van der Waals surface area contributed by atoms with Crippen LogP contribution in [0.3, 0.4) is 0 Å². The maximum Gasteiger partial charge on any atom is 0.244 e. The van der Waals surface area contributed by atoms with Crippen molar-refractivity contribution in [3.63, 3.8) is 0 Å². The highest BCUT2D eigenvalue weighted by Crippen LogP contribution is 2.25. The highest BCUT2D eigenvalue weighted by atomic mass is 32.2. The van der Waals surface area contributed by atoms with Crippen molar-refractivity contribution in [1.29, 1.82) is 0 Å². The Morgan fingerprint density at radius 1 is 0.971 bits per heavy atom. The van der Waals surface area contributed by atoms with Gasteiger partial charge in [-0.2, -0.15) is 0 Å². The van der Waals surface area contributed by atoms with Crippen LogP contribution >= 0.6 is 0 Å². The van der Waals surface area contributed by atoms with Crippen LogP contribution in [0.1, 0.15) is 5.56 Å². The monoisotopic (exact) mass is 492 g/mol. The average Bonchev–Trinajstić information content (AvgIpc) is 2.86. The number of amides is 1. The molecular formula is C26H24N2O6S. The predicted octanol–water partition coefficient (Wildman–Crippen LogP) is 3.80. The number of pyridine rings is 1. The zero-order chi connectivity index (χ0) is 25.2. The number of methoxy groups -OCH3 is 2. The molecule has 0 unspecified atom stereocenters. The van der Waals surface area contributed by atoms with Gasteiger partial charge < -0.3 is 19.4 Å². The molecule has 0 saturated heterocycles. The molecule has 0 aliphatic rings. The van der Waals surface area contributed by atoms with Gasteiger partial charge in [0.05, 0.1) is 30.3 Å². The van der Waals surface area contributed by atoms with Crippen LogP contribution in [0.4, 0.5) is 5.69 Å². The van der Waals surface area contributed by atoms with Crippen LogP contribution in [0.15, 0.2) is 87.5 Å². The molecule has 0 bridgehead atoms. The van der Waals surface area contributed by atoms with Crippen molar-refractivity contribution in [2.75, 3.05) is 19.5 Å². The summed E-state index contributed by atoms with van der Waals surface area (Å²) in [4.78, 5) is 25.8. The van der Waals surface area contributed by atoms with Gasteiger partial charge in [0.1, 0.15) is 22.9 Å². The summed E-state index contributed by atoms with van der Waals surface area (Å²) >= 11 is 0. The molecule has 4 aromatic rings. The molecule has 0 radical (unpaired) electrons. The number of carbonyl (C=O) groups excluding carboxylic acids is 1. The van der Waals surface area contributed by atoms with Gasteiger partial charge >= 0.3 is 0 Å². The molecule has 35 heavy (non-hydrogen) atoms. The molecule has 1 N–H and O–H groups in total. The molecular weight excluding hydrogens is 468 g/mol. The lowest BCUT2D eigenvalue weighted by atomic mass is 10.1. The Hall–Kier alpha value is -4.11. The van der Waals surface area contributed by atoms with Gasteiger partial charge in [-0.15, -0.1) is 0 Å². The van der Waals surface area contributed by atoms with Crippen LogP contribution in [0.5, 0.6) is 11.5 Å². The maximum atomic E-state index is 13.4. The molecule has 180 valence electrons. The zero-order valence-electron chi connectivity index (χ0n) is 19.4. The maximum absolute atomic E-state index is 13.4. The Bertz CT molecular complexity index is 1570. The number of benzene rings is 3. The van der Waals surface area contributed by atoms with E-state index in [4.69, 9.17) is 9.47 Å². The first-order chi connectivity index (χ1) is 16.7. The molecule has 4 rings (SSSR count). The van der Waals surface area contributed by atoms with E-state index in [1.54, 1.807) is 42.5 Å². The van der Waals surface area contributed by atoms with Crippen molar-refractivity contribution in [3.8, 4) is 11.5 Å². The second kappa shape index (κ2) is 9.63. The number of rotatable bonds is 7. The van der Waals surface area contributed by atoms with Gasteiger partial charge in [-0.05, 0) is 55.5 Å². The normalized spacial score (nSPS) is 11.3. The second-order valence-electron chi connectivity index (χ2n) is 7.90. The Morgan fingerprint density at radius 2 is 1.69 bits per heavy atom. The molecule has 1 amide bonds. The van der Waals surface area contributed by atoms with Gasteiger partial charge in [-0.3, -0.25) is 9.59 Å². The average molecular weight is 493 g/mol. The van der Waals surface area contributed by atoms with E-state index in [-0.39, 0.29) is 16.8 Å². The fourth-order valence-corrected chi connectivity index (χ4v) is 5.15. The van der Waals surface area contributed by atoms with Crippen LogP contribution < -0.4 is 20.2 Å². The first-order valence-corrected chi connectivity index (χ1v) is 12.2. The predicted molar refractivity (Wildman–Crippen MR) is 133 cm³/mol. The fraction of sp³-hybridized carbons (Fsp3) is 0.154. The Balaban J connectivity index is 1.81. The number of fused-ring (bicyclic) bond motifs is 1. The number of hydrogen-bond donors (Lipinski definition) is 1. The van der Waals surface area contributed by atoms with Gasteiger partial charge in [0.2, 0.25) is 21.2 Å². The minimum atomic E-state index is -4.17. The topological polar surface area (TPSA) is 104 Å². The standard InChI is InChI=1S/C26H24N2O6S/c1-17-8-13-22-20(14-17)26(30)24(35(31,32)19-11-9-18(33-2)10-12-19)15-28(22)16-25(29)27-21-6-4-5-7-23(21)34-3/h4-15H,16H2,1-3H3,(H,27,29). The smallest absolute Gasteiger partial charge is 0.244 e. The number of nitrogens with one attached hydrogen (secondary N) is 1. The molecule has 9 heteroatoms. The Kier molecular flexibility index (Phi) is 6.61. The van der Waals surface area contributed by atoms with Gasteiger partial charge in [-0.25, -0.2) is 8.42 Å². The van der Waals surface area contributed by atoms with Crippen molar-refractivity contribution in [1.82, 2.24) is 4.57 Å². The Morgan fingerprint density at radius 3 is 2.37 bits per heavy atom. The highest BCUT2D eigenvalue weighted by molar-refractivity contribution is 7.91. The number of nitrogens with zero attached hydrogens (tertiary/aromatic N) is 1.